The van der Waals surface area contributed by atoms with Gasteiger partial charge in [0.25, 0.3) is 0 Å². The number of aliphatic hydroxyl groups is 1. The molecular weight excluding hydrogens is 469 g/mol. The first kappa shape index (κ1) is 27.1. The monoisotopic (exact) mass is 483 g/mol. The van der Waals surface area contributed by atoms with Crippen LogP contribution in [0.25, 0.3) is 0 Å². The van der Waals surface area contributed by atoms with Crippen molar-refractivity contribution in [2.75, 3.05) is 19.0 Å². The summed E-state index contributed by atoms with van der Waals surface area (Å²) in [7, 11) is 2.60. The van der Waals surface area contributed by atoms with Gasteiger partial charge in [-0.25, -0.2) is 0 Å². The highest BCUT2D eigenvalue weighted by atomic mass is 19.4. The molecule has 0 amide bonds. The molecule has 0 aromatic heterocycles. The molecule has 1 rings (SSSR count). The van der Waals surface area contributed by atoms with E-state index in [2.05, 4.69) is 0 Å². The summed E-state index contributed by atoms with van der Waals surface area (Å²) in [5.41, 5.74) is -0.645. The first-order valence-corrected chi connectivity index (χ1v) is 7.96. The average molecular weight is 483 g/mol. The van der Waals surface area contributed by atoms with Crippen LogP contribution >= 0.6 is 0 Å². The molecule has 0 bridgehead atoms. The lowest BCUT2D eigenvalue weighted by molar-refractivity contribution is -0.440. The largest absolute Gasteiger partial charge is 0.460 e. The van der Waals surface area contributed by atoms with E-state index < -0.39 is 53.9 Å². The van der Waals surface area contributed by atoms with Gasteiger partial charge >= 0.3 is 35.8 Å². The van der Waals surface area contributed by atoms with Gasteiger partial charge in [0.05, 0.1) is 6.10 Å². The summed E-state index contributed by atoms with van der Waals surface area (Å²) in [5.74, 6) is -37.4. The molecule has 0 saturated heterocycles. The molecule has 0 aliphatic carbocycles. The molecular formula is C16H14F13NO. The molecule has 0 heterocycles. The van der Waals surface area contributed by atoms with Gasteiger partial charge in [-0.2, -0.15) is 57.1 Å². The normalized spacial score (nSPS) is 15.7. The molecule has 0 aliphatic rings. The van der Waals surface area contributed by atoms with Gasteiger partial charge in [-0.05, 0) is 6.07 Å². The number of hydrogen-bond acceptors (Lipinski definition) is 2. The molecule has 15 heteroatoms. The summed E-state index contributed by atoms with van der Waals surface area (Å²) >= 11 is 0. The number of hydrogen-bond donors (Lipinski definition) is 1. The highest BCUT2D eigenvalue weighted by Gasteiger charge is 2.90. The van der Waals surface area contributed by atoms with Crippen molar-refractivity contribution in [2.45, 2.75) is 48.3 Å². The van der Waals surface area contributed by atoms with Crippen molar-refractivity contribution in [3.8, 4) is 0 Å². The van der Waals surface area contributed by atoms with Crippen molar-refractivity contribution in [3.63, 3.8) is 0 Å². The van der Waals surface area contributed by atoms with Crippen molar-refractivity contribution >= 4 is 5.69 Å². The maximum atomic E-state index is 13.9. The van der Waals surface area contributed by atoms with Gasteiger partial charge < -0.3 is 10.0 Å². The Labute approximate surface area is 166 Å². The zero-order valence-electron chi connectivity index (χ0n) is 15.4. The molecule has 1 N–H and O–H groups in total. The molecule has 0 spiro atoms. The number of alkyl halides is 13. The minimum absolute atomic E-state index is 0.0881. The van der Waals surface area contributed by atoms with Crippen molar-refractivity contribution in [2.24, 2.45) is 0 Å². The molecule has 1 unspecified atom stereocenters. The Bertz CT molecular complexity index is 773. The Morgan fingerprint density at radius 3 is 1.55 bits per heavy atom. The molecule has 31 heavy (non-hydrogen) atoms. The van der Waals surface area contributed by atoms with Crippen LogP contribution in [0.4, 0.5) is 62.8 Å². The van der Waals surface area contributed by atoms with Crippen LogP contribution in [0.15, 0.2) is 24.3 Å². The van der Waals surface area contributed by atoms with Gasteiger partial charge in [0.2, 0.25) is 0 Å². The Kier molecular flexibility index (Phi) is 6.90. The van der Waals surface area contributed by atoms with Crippen LogP contribution in [0, 0.1) is 0 Å². The quantitative estimate of drug-likeness (QED) is 0.465. The smallest absolute Gasteiger partial charge is 0.388 e. The molecule has 1 atom stereocenters. The van der Waals surface area contributed by atoms with E-state index >= 15 is 0 Å². The number of anilines is 1. The molecule has 180 valence electrons. The molecule has 0 radical (unpaired) electrons. The number of para-hydroxylation sites is 1. The lowest BCUT2D eigenvalue weighted by atomic mass is 9.90. The topological polar surface area (TPSA) is 23.5 Å². The highest BCUT2D eigenvalue weighted by molar-refractivity contribution is 5.53. The first-order valence-electron chi connectivity index (χ1n) is 7.96. The Morgan fingerprint density at radius 2 is 1.13 bits per heavy atom. The molecule has 1 aromatic carbocycles. The fourth-order valence-corrected chi connectivity index (χ4v) is 2.46. The lowest BCUT2D eigenvalue weighted by Crippen LogP contribution is -2.70. The van der Waals surface area contributed by atoms with E-state index in [1.54, 1.807) is 0 Å². The third-order valence-electron chi connectivity index (χ3n) is 4.23. The van der Waals surface area contributed by atoms with E-state index in [9.17, 15) is 62.2 Å². The maximum Gasteiger partial charge on any atom is 0.460 e. The molecule has 0 fully saturated rings. The van der Waals surface area contributed by atoms with Crippen LogP contribution in [0.3, 0.4) is 0 Å². The van der Waals surface area contributed by atoms with Crippen molar-refractivity contribution in [1.29, 1.82) is 0 Å². The third kappa shape index (κ3) is 4.24. The molecule has 1 aromatic rings. The van der Waals surface area contributed by atoms with E-state index in [4.69, 9.17) is 0 Å². The predicted octanol–water partition coefficient (Wildman–Crippen LogP) is 5.91. The van der Waals surface area contributed by atoms with Crippen LogP contribution in [-0.4, -0.2) is 55.0 Å². The van der Waals surface area contributed by atoms with Gasteiger partial charge in [-0.15, -0.1) is 0 Å². The van der Waals surface area contributed by atoms with Gasteiger partial charge in [-0.3, -0.25) is 0 Å². The zero-order valence-corrected chi connectivity index (χ0v) is 15.4. The second kappa shape index (κ2) is 7.89. The highest BCUT2D eigenvalue weighted by Crippen LogP contribution is 2.61. The Balaban J connectivity index is 3.41. The molecule has 0 aliphatic heterocycles. The van der Waals surface area contributed by atoms with Crippen LogP contribution in [-0.2, 0) is 0 Å². The second-order valence-electron chi connectivity index (χ2n) is 6.67. The van der Waals surface area contributed by atoms with Crippen molar-refractivity contribution in [3.05, 3.63) is 29.8 Å². The summed E-state index contributed by atoms with van der Waals surface area (Å²) in [6.07, 6.45) is -12.9. The van der Waals surface area contributed by atoms with Gasteiger partial charge in [-0.1, -0.05) is 18.2 Å². The lowest BCUT2D eigenvalue weighted by Gasteiger charge is -2.40. The average Bonchev–Trinajstić information content (AvgIpc) is 2.59. The zero-order chi connectivity index (χ0) is 24.8. The van der Waals surface area contributed by atoms with Crippen molar-refractivity contribution < 1.29 is 62.2 Å². The van der Waals surface area contributed by atoms with E-state index in [1.807, 2.05) is 0 Å². The SMILES string of the molecule is CN(C)c1ccccc1C(O)CC(F)(F)C(F)(F)C(F)(F)C(F)(F)C(F)(F)C(F)(F)F. The first-order chi connectivity index (χ1) is 13.6. The van der Waals surface area contributed by atoms with E-state index in [0.717, 1.165) is 12.1 Å². The van der Waals surface area contributed by atoms with E-state index in [-0.39, 0.29) is 5.69 Å². The summed E-state index contributed by atoms with van der Waals surface area (Å²) in [6.45, 7) is 0. The summed E-state index contributed by atoms with van der Waals surface area (Å²) in [6, 6.07) is 4.46. The van der Waals surface area contributed by atoms with Crippen LogP contribution < -0.4 is 4.90 Å². The van der Waals surface area contributed by atoms with E-state index in [1.165, 1.54) is 31.1 Å². The number of benzene rings is 1. The maximum absolute atomic E-state index is 13.9. The number of aliphatic hydroxyl groups excluding tert-OH is 1. The minimum atomic E-state index is -7.96. The standard InChI is InChI=1S/C16H14F13NO/c1-30(2)9-6-4-3-5-8(9)10(31)7-11(17,18)12(19,20)13(21,22)14(23,24)15(25,26)16(27,28)29/h3-6,10,31H,7H2,1-2H3. The Morgan fingerprint density at radius 1 is 0.710 bits per heavy atom. The minimum Gasteiger partial charge on any atom is -0.388 e. The van der Waals surface area contributed by atoms with Crippen LogP contribution in [0.1, 0.15) is 18.1 Å². The van der Waals surface area contributed by atoms with Gasteiger partial charge in [0.1, 0.15) is 0 Å². The fourth-order valence-electron chi connectivity index (χ4n) is 2.46. The van der Waals surface area contributed by atoms with Crippen LogP contribution in [0.5, 0.6) is 0 Å². The number of halogens is 13. The molecule has 2 nitrogen and oxygen atoms in total. The number of rotatable bonds is 8. The van der Waals surface area contributed by atoms with Crippen molar-refractivity contribution in [1.82, 2.24) is 0 Å². The predicted molar refractivity (Wildman–Crippen MR) is 81.1 cm³/mol. The second-order valence-corrected chi connectivity index (χ2v) is 6.67. The Hall–Kier alpha value is -1.93. The summed E-state index contributed by atoms with van der Waals surface area (Å²) < 4.78 is 171. The third-order valence-corrected chi connectivity index (χ3v) is 4.23. The molecule has 0 saturated carbocycles. The summed E-state index contributed by atoms with van der Waals surface area (Å²) in [4.78, 5) is 1.17. The number of nitrogens with zero attached hydrogens (tertiary/aromatic N) is 1. The fraction of sp³-hybridized carbons (Fsp3) is 0.625. The van der Waals surface area contributed by atoms with Crippen LogP contribution in [0.2, 0.25) is 0 Å². The van der Waals surface area contributed by atoms with Gasteiger partial charge in [0.15, 0.2) is 0 Å². The van der Waals surface area contributed by atoms with Gasteiger partial charge in [0, 0.05) is 31.8 Å². The summed E-state index contributed by atoms with van der Waals surface area (Å²) in [5, 5.41) is 9.81. The van der Waals surface area contributed by atoms with E-state index in [0.29, 0.717) is 0 Å².